The molecule has 0 saturated carbocycles. The van der Waals surface area contributed by atoms with Crippen LogP contribution < -0.4 is 9.64 Å². The highest BCUT2D eigenvalue weighted by atomic mass is 16.5. The van der Waals surface area contributed by atoms with Crippen LogP contribution in [0.3, 0.4) is 0 Å². The van der Waals surface area contributed by atoms with Crippen molar-refractivity contribution in [3.63, 3.8) is 0 Å². The number of aromatic nitrogens is 1. The molecular weight excluding hydrogens is 338 g/mol. The lowest BCUT2D eigenvalue weighted by molar-refractivity contribution is -0.0369. The molecule has 136 valence electrons. The minimum Gasteiger partial charge on any atom is -0.491 e. The van der Waals surface area contributed by atoms with Gasteiger partial charge in [0.05, 0.1) is 17.2 Å². The molecule has 1 saturated heterocycles. The highest BCUT2D eigenvalue weighted by Gasteiger charge is 2.27. The number of nitriles is 1. The Bertz CT molecular complexity index is 968. The van der Waals surface area contributed by atoms with Gasteiger partial charge in [-0.05, 0) is 43.3 Å². The molecule has 27 heavy (non-hydrogen) atoms. The summed E-state index contributed by atoms with van der Waals surface area (Å²) < 4.78 is 12.0. The van der Waals surface area contributed by atoms with Crippen molar-refractivity contribution in [1.82, 2.24) is 4.98 Å². The van der Waals surface area contributed by atoms with Gasteiger partial charge in [-0.15, -0.1) is 0 Å². The summed E-state index contributed by atoms with van der Waals surface area (Å²) in [5.74, 6) is 0.846. The molecule has 4 rings (SSSR count). The number of pyridine rings is 1. The Morgan fingerprint density at radius 3 is 2.81 bits per heavy atom. The number of rotatable bonds is 4. The van der Waals surface area contributed by atoms with Crippen LogP contribution >= 0.6 is 0 Å². The van der Waals surface area contributed by atoms with E-state index in [4.69, 9.17) is 9.47 Å². The summed E-state index contributed by atoms with van der Waals surface area (Å²) in [5.41, 5.74) is 2.42. The molecular formula is C22H21N3O2. The quantitative estimate of drug-likeness (QED) is 0.709. The van der Waals surface area contributed by atoms with Crippen molar-refractivity contribution in [2.45, 2.75) is 19.1 Å². The van der Waals surface area contributed by atoms with Crippen molar-refractivity contribution in [3.8, 4) is 11.8 Å². The number of fused-ring (bicyclic) bond motifs is 1. The highest BCUT2D eigenvalue weighted by molar-refractivity contribution is 5.95. The summed E-state index contributed by atoms with van der Waals surface area (Å²) in [6, 6.07) is 19.8. The molecule has 5 heteroatoms. The van der Waals surface area contributed by atoms with Crippen LogP contribution in [-0.2, 0) is 4.74 Å². The molecule has 5 nitrogen and oxygen atoms in total. The van der Waals surface area contributed by atoms with E-state index in [1.165, 1.54) is 0 Å². The van der Waals surface area contributed by atoms with Crippen LogP contribution in [0.15, 0.2) is 60.8 Å². The summed E-state index contributed by atoms with van der Waals surface area (Å²) >= 11 is 0. The van der Waals surface area contributed by atoms with Crippen LogP contribution in [0.4, 0.5) is 5.69 Å². The van der Waals surface area contributed by atoms with E-state index in [0.717, 1.165) is 35.4 Å². The summed E-state index contributed by atoms with van der Waals surface area (Å²) in [5, 5.41) is 10.4. The molecule has 0 unspecified atom stereocenters. The minimum absolute atomic E-state index is 0.0312. The van der Waals surface area contributed by atoms with E-state index < -0.39 is 0 Å². The summed E-state index contributed by atoms with van der Waals surface area (Å²) in [6.45, 7) is 4.09. The second-order valence-electron chi connectivity index (χ2n) is 6.74. The van der Waals surface area contributed by atoms with Crippen molar-refractivity contribution < 1.29 is 9.47 Å². The smallest absolute Gasteiger partial charge is 0.119 e. The fraction of sp³-hybridized carbons (Fsp3) is 0.273. The van der Waals surface area contributed by atoms with Crippen LogP contribution in [0, 0.1) is 11.3 Å². The van der Waals surface area contributed by atoms with Crippen molar-refractivity contribution in [2.75, 3.05) is 24.6 Å². The number of para-hydroxylation sites is 1. The fourth-order valence-electron chi connectivity index (χ4n) is 3.56. The number of ether oxygens (including phenoxy) is 2. The van der Waals surface area contributed by atoms with E-state index in [9.17, 15) is 5.26 Å². The van der Waals surface area contributed by atoms with Crippen LogP contribution in [0.2, 0.25) is 0 Å². The molecule has 0 aliphatic carbocycles. The molecule has 0 bridgehead atoms. The zero-order valence-electron chi connectivity index (χ0n) is 15.2. The molecule has 0 amide bonds. The number of hydrogen-bond acceptors (Lipinski definition) is 5. The van der Waals surface area contributed by atoms with Gasteiger partial charge in [-0.3, -0.25) is 4.98 Å². The fourth-order valence-corrected chi connectivity index (χ4v) is 3.56. The van der Waals surface area contributed by atoms with Gasteiger partial charge in [0.1, 0.15) is 24.5 Å². The summed E-state index contributed by atoms with van der Waals surface area (Å²) in [7, 11) is 0. The van der Waals surface area contributed by atoms with Gasteiger partial charge in [-0.1, -0.05) is 18.2 Å². The Morgan fingerprint density at radius 1 is 1.15 bits per heavy atom. The van der Waals surface area contributed by atoms with Gasteiger partial charge in [0.25, 0.3) is 0 Å². The standard InChI is InChI=1S/C22H21N3O2/c1-16-13-25(14-19(27-16)15-26-18-6-3-2-4-7-18)21-10-9-17(12-23)22-20(21)8-5-11-24-22/h2-11,16,19H,13-15H2,1H3/t16-,19-/m1/s1. The lowest BCUT2D eigenvalue weighted by Crippen LogP contribution is -2.48. The monoisotopic (exact) mass is 359 g/mol. The number of nitrogens with zero attached hydrogens (tertiary/aromatic N) is 3. The Balaban J connectivity index is 1.57. The molecule has 0 radical (unpaired) electrons. The van der Waals surface area contributed by atoms with E-state index in [0.29, 0.717) is 12.2 Å². The number of hydrogen-bond donors (Lipinski definition) is 0. The number of anilines is 1. The lowest BCUT2D eigenvalue weighted by Gasteiger charge is -2.38. The van der Waals surface area contributed by atoms with E-state index in [1.54, 1.807) is 6.20 Å². The van der Waals surface area contributed by atoms with Crippen molar-refractivity contribution in [2.24, 2.45) is 0 Å². The van der Waals surface area contributed by atoms with E-state index >= 15 is 0 Å². The first kappa shape index (κ1) is 17.3. The van der Waals surface area contributed by atoms with Crippen LogP contribution in [-0.4, -0.2) is 36.9 Å². The van der Waals surface area contributed by atoms with E-state index in [2.05, 4.69) is 22.9 Å². The van der Waals surface area contributed by atoms with E-state index in [1.807, 2.05) is 54.6 Å². The molecule has 1 aliphatic rings. The third-order valence-electron chi connectivity index (χ3n) is 4.71. The predicted molar refractivity (Wildman–Crippen MR) is 105 cm³/mol. The van der Waals surface area contributed by atoms with Crippen molar-refractivity contribution in [3.05, 3.63) is 66.4 Å². The molecule has 2 aromatic carbocycles. The maximum absolute atomic E-state index is 9.36. The third-order valence-corrected chi connectivity index (χ3v) is 4.71. The van der Waals surface area contributed by atoms with Gasteiger partial charge in [0.15, 0.2) is 0 Å². The second kappa shape index (κ2) is 7.65. The van der Waals surface area contributed by atoms with E-state index in [-0.39, 0.29) is 12.2 Å². The first-order valence-electron chi connectivity index (χ1n) is 9.10. The molecule has 1 fully saturated rings. The maximum Gasteiger partial charge on any atom is 0.119 e. The molecule has 1 aromatic heterocycles. The lowest BCUT2D eigenvalue weighted by atomic mass is 10.1. The minimum atomic E-state index is -0.0312. The zero-order chi connectivity index (χ0) is 18.6. The Morgan fingerprint density at radius 2 is 2.00 bits per heavy atom. The topological polar surface area (TPSA) is 58.4 Å². The summed E-state index contributed by atoms with van der Waals surface area (Å²) in [6.07, 6.45) is 1.78. The van der Waals surface area contributed by atoms with Gasteiger partial charge in [-0.25, -0.2) is 0 Å². The van der Waals surface area contributed by atoms with Gasteiger partial charge < -0.3 is 14.4 Å². The maximum atomic E-state index is 9.36. The molecule has 2 heterocycles. The number of morpholine rings is 1. The van der Waals surface area contributed by atoms with Crippen LogP contribution in [0.1, 0.15) is 12.5 Å². The Hall–Kier alpha value is -3.10. The Labute approximate surface area is 158 Å². The first-order chi connectivity index (χ1) is 13.2. The number of benzene rings is 2. The average molecular weight is 359 g/mol. The third kappa shape index (κ3) is 3.71. The van der Waals surface area contributed by atoms with Crippen LogP contribution in [0.25, 0.3) is 10.9 Å². The van der Waals surface area contributed by atoms with Gasteiger partial charge in [-0.2, -0.15) is 5.26 Å². The van der Waals surface area contributed by atoms with Crippen molar-refractivity contribution in [1.29, 1.82) is 5.26 Å². The summed E-state index contributed by atoms with van der Waals surface area (Å²) in [4.78, 5) is 6.72. The van der Waals surface area contributed by atoms with Gasteiger partial charge in [0.2, 0.25) is 0 Å². The molecule has 0 spiro atoms. The first-order valence-corrected chi connectivity index (χ1v) is 9.10. The molecule has 2 atom stereocenters. The average Bonchev–Trinajstić information content (AvgIpc) is 2.72. The van der Waals surface area contributed by atoms with Gasteiger partial charge in [0, 0.05) is 30.4 Å². The molecule has 3 aromatic rings. The second-order valence-corrected chi connectivity index (χ2v) is 6.74. The molecule has 1 aliphatic heterocycles. The SMILES string of the molecule is C[C@@H]1CN(c2ccc(C#N)c3ncccc23)C[C@H](COc2ccccc2)O1. The normalized spacial score (nSPS) is 19.6. The van der Waals surface area contributed by atoms with Gasteiger partial charge >= 0.3 is 0 Å². The highest BCUT2D eigenvalue weighted by Crippen LogP contribution is 2.30. The predicted octanol–water partition coefficient (Wildman–Crippen LogP) is 3.78. The largest absolute Gasteiger partial charge is 0.491 e. The van der Waals surface area contributed by atoms with Crippen LogP contribution in [0.5, 0.6) is 5.75 Å². The van der Waals surface area contributed by atoms with Crippen molar-refractivity contribution >= 4 is 16.6 Å². The Kier molecular flexibility index (Phi) is 4.91. The zero-order valence-corrected chi connectivity index (χ0v) is 15.2. The molecule has 0 N–H and O–H groups in total.